The molecule has 1 aromatic heterocycles. The van der Waals surface area contributed by atoms with Crippen LogP contribution in [0.4, 0.5) is 4.39 Å². The van der Waals surface area contributed by atoms with Gasteiger partial charge in [0.15, 0.2) is 5.82 Å². The molecule has 0 saturated heterocycles. The largest absolute Gasteiger partial charge is 0.338 e. The van der Waals surface area contributed by atoms with E-state index in [1.165, 1.54) is 6.07 Å². The van der Waals surface area contributed by atoms with Gasteiger partial charge in [-0.25, -0.2) is 4.39 Å². The van der Waals surface area contributed by atoms with Gasteiger partial charge in [0.25, 0.3) is 0 Å². The van der Waals surface area contributed by atoms with E-state index < -0.39 is 0 Å². The number of nitrogens with zero attached hydrogens (tertiary/aromatic N) is 2. The number of nitrogens with two attached hydrogens (primary N) is 1. The molecule has 0 unspecified atom stereocenters. The normalized spacial score (nSPS) is 12.7. The van der Waals surface area contributed by atoms with Crippen molar-refractivity contribution in [3.05, 3.63) is 46.3 Å². The minimum Gasteiger partial charge on any atom is -0.338 e. The Morgan fingerprint density at radius 2 is 2.28 bits per heavy atom. The van der Waals surface area contributed by atoms with Gasteiger partial charge in [-0.1, -0.05) is 29.7 Å². The van der Waals surface area contributed by atoms with Crippen LogP contribution in [0, 0.1) is 5.82 Å². The molecule has 0 aliphatic rings. The maximum Gasteiger partial charge on any atom is 0.243 e. The van der Waals surface area contributed by atoms with Gasteiger partial charge in [-0.2, -0.15) is 4.98 Å². The Morgan fingerprint density at radius 1 is 1.50 bits per heavy atom. The fraction of sp³-hybridized carbons (Fsp3) is 0.333. The van der Waals surface area contributed by atoms with E-state index in [0.717, 1.165) is 0 Å². The van der Waals surface area contributed by atoms with Crippen LogP contribution in [0.3, 0.4) is 0 Å². The standard InChI is InChI=1S/C12H13ClFN3O/c1-2-10(15)12-16-11(17-18-12)6-7-8(13)4-3-5-9(7)14/h3-5,10H,2,6,15H2,1H3/t10-/m0/s1. The van der Waals surface area contributed by atoms with E-state index in [1.807, 2.05) is 6.92 Å². The molecule has 2 N–H and O–H groups in total. The summed E-state index contributed by atoms with van der Waals surface area (Å²) >= 11 is 5.93. The maximum atomic E-state index is 13.6. The van der Waals surface area contributed by atoms with Crippen molar-refractivity contribution in [3.63, 3.8) is 0 Å². The third-order valence-corrected chi connectivity index (χ3v) is 2.99. The molecule has 0 aliphatic carbocycles. The molecule has 6 heteroatoms. The molecule has 2 aromatic rings. The van der Waals surface area contributed by atoms with Gasteiger partial charge in [0.1, 0.15) is 5.82 Å². The van der Waals surface area contributed by atoms with Crippen LogP contribution in [0.1, 0.15) is 36.7 Å². The molecule has 1 aromatic carbocycles. The van der Waals surface area contributed by atoms with Crippen LogP contribution in [0.2, 0.25) is 5.02 Å². The summed E-state index contributed by atoms with van der Waals surface area (Å²) < 4.78 is 18.6. The molecular weight excluding hydrogens is 257 g/mol. The Kier molecular flexibility index (Phi) is 3.93. The van der Waals surface area contributed by atoms with E-state index in [0.29, 0.717) is 28.7 Å². The molecule has 18 heavy (non-hydrogen) atoms. The molecule has 0 amide bonds. The third kappa shape index (κ3) is 2.68. The number of rotatable bonds is 4. The van der Waals surface area contributed by atoms with Gasteiger partial charge < -0.3 is 10.3 Å². The summed E-state index contributed by atoms with van der Waals surface area (Å²) in [5.41, 5.74) is 6.12. The quantitative estimate of drug-likeness (QED) is 0.927. The Hall–Kier alpha value is -1.46. The zero-order valence-electron chi connectivity index (χ0n) is 9.86. The van der Waals surface area contributed by atoms with E-state index in [2.05, 4.69) is 10.1 Å². The fourth-order valence-corrected chi connectivity index (χ4v) is 1.75. The number of aromatic nitrogens is 2. The van der Waals surface area contributed by atoms with E-state index >= 15 is 0 Å². The molecule has 1 heterocycles. The highest BCUT2D eigenvalue weighted by Gasteiger charge is 2.15. The van der Waals surface area contributed by atoms with Gasteiger partial charge in [-0.05, 0) is 18.6 Å². The molecule has 1 atom stereocenters. The Bertz CT molecular complexity index is 524. The minimum absolute atomic E-state index is 0.186. The number of benzene rings is 1. The summed E-state index contributed by atoms with van der Waals surface area (Å²) in [5.74, 6) is 0.356. The summed E-state index contributed by atoms with van der Waals surface area (Å²) in [6.45, 7) is 1.92. The molecule has 0 saturated carbocycles. The van der Waals surface area contributed by atoms with Crippen LogP contribution in [0.25, 0.3) is 0 Å². The lowest BCUT2D eigenvalue weighted by atomic mass is 10.1. The monoisotopic (exact) mass is 269 g/mol. The average molecular weight is 270 g/mol. The predicted octanol–water partition coefficient (Wildman–Crippen LogP) is 2.86. The lowest BCUT2D eigenvalue weighted by Crippen LogP contribution is -2.09. The summed E-state index contributed by atoms with van der Waals surface area (Å²) in [6.07, 6.45) is 0.882. The Morgan fingerprint density at radius 3 is 2.94 bits per heavy atom. The van der Waals surface area contributed by atoms with Crippen molar-refractivity contribution in [1.82, 2.24) is 10.1 Å². The van der Waals surface area contributed by atoms with Gasteiger partial charge in [-0.15, -0.1) is 0 Å². The molecule has 0 fully saturated rings. The molecule has 0 spiro atoms. The lowest BCUT2D eigenvalue weighted by molar-refractivity contribution is 0.348. The Balaban J connectivity index is 2.21. The van der Waals surface area contributed by atoms with Crippen LogP contribution >= 0.6 is 11.6 Å². The van der Waals surface area contributed by atoms with Crippen LogP contribution in [0.5, 0.6) is 0 Å². The number of hydrogen-bond donors (Lipinski definition) is 1. The van der Waals surface area contributed by atoms with Crippen LogP contribution in [-0.4, -0.2) is 10.1 Å². The molecule has 96 valence electrons. The van der Waals surface area contributed by atoms with Crippen LogP contribution in [0.15, 0.2) is 22.7 Å². The van der Waals surface area contributed by atoms with E-state index in [4.69, 9.17) is 21.9 Å². The molecular formula is C12H13ClFN3O. The van der Waals surface area contributed by atoms with Crippen molar-refractivity contribution in [3.8, 4) is 0 Å². The first-order valence-electron chi connectivity index (χ1n) is 5.62. The molecule has 0 radical (unpaired) electrons. The lowest BCUT2D eigenvalue weighted by Gasteiger charge is -2.02. The zero-order chi connectivity index (χ0) is 13.1. The van der Waals surface area contributed by atoms with E-state index in [9.17, 15) is 4.39 Å². The molecule has 0 aliphatic heterocycles. The minimum atomic E-state index is -0.381. The molecule has 4 nitrogen and oxygen atoms in total. The van der Waals surface area contributed by atoms with E-state index in [-0.39, 0.29) is 18.3 Å². The number of halogens is 2. The fourth-order valence-electron chi connectivity index (χ4n) is 1.52. The second-order valence-corrected chi connectivity index (χ2v) is 4.35. The average Bonchev–Trinajstić information content (AvgIpc) is 2.81. The summed E-state index contributed by atoms with van der Waals surface area (Å²) in [6, 6.07) is 4.23. The highest BCUT2D eigenvalue weighted by molar-refractivity contribution is 6.31. The second-order valence-electron chi connectivity index (χ2n) is 3.94. The van der Waals surface area contributed by atoms with Crippen molar-refractivity contribution in [2.45, 2.75) is 25.8 Å². The van der Waals surface area contributed by atoms with Crippen molar-refractivity contribution < 1.29 is 8.91 Å². The van der Waals surface area contributed by atoms with Crippen LogP contribution < -0.4 is 5.73 Å². The highest BCUT2D eigenvalue weighted by atomic mass is 35.5. The molecule has 2 rings (SSSR count). The first-order chi connectivity index (χ1) is 8.61. The van der Waals surface area contributed by atoms with Gasteiger partial charge >= 0.3 is 0 Å². The predicted molar refractivity (Wildman–Crippen MR) is 65.7 cm³/mol. The van der Waals surface area contributed by atoms with Gasteiger partial charge in [0.05, 0.1) is 6.04 Å². The van der Waals surface area contributed by atoms with Crippen molar-refractivity contribution in [2.75, 3.05) is 0 Å². The first kappa shape index (κ1) is 13.0. The zero-order valence-corrected chi connectivity index (χ0v) is 10.6. The van der Waals surface area contributed by atoms with Crippen molar-refractivity contribution in [1.29, 1.82) is 0 Å². The third-order valence-electron chi connectivity index (χ3n) is 2.64. The summed E-state index contributed by atoms with van der Waals surface area (Å²) in [7, 11) is 0. The van der Waals surface area contributed by atoms with Gasteiger partial charge in [0, 0.05) is 17.0 Å². The van der Waals surface area contributed by atoms with Crippen LogP contribution in [-0.2, 0) is 6.42 Å². The SMILES string of the molecule is CC[C@H](N)c1nc(Cc2c(F)cccc2Cl)no1. The highest BCUT2D eigenvalue weighted by Crippen LogP contribution is 2.22. The van der Waals surface area contributed by atoms with Crippen molar-refractivity contribution in [2.24, 2.45) is 5.73 Å². The second kappa shape index (κ2) is 5.46. The molecule has 0 bridgehead atoms. The summed E-state index contributed by atoms with van der Waals surface area (Å²) in [5, 5.41) is 4.12. The van der Waals surface area contributed by atoms with Crippen molar-refractivity contribution >= 4 is 11.6 Å². The van der Waals surface area contributed by atoms with Gasteiger partial charge in [0.2, 0.25) is 5.89 Å². The maximum absolute atomic E-state index is 13.6. The number of hydrogen-bond acceptors (Lipinski definition) is 4. The topological polar surface area (TPSA) is 64.9 Å². The summed E-state index contributed by atoms with van der Waals surface area (Å²) in [4.78, 5) is 4.13. The Labute approximate surface area is 109 Å². The van der Waals surface area contributed by atoms with E-state index in [1.54, 1.807) is 12.1 Å². The van der Waals surface area contributed by atoms with Gasteiger partial charge in [-0.3, -0.25) is 0 Å². The smallest absolute Gasteiger partial charge is 0.243 e. The first-order valence-corrected chi connectivity index (χ1v) is 6.00.